The maximum Gasteiger partial charge on any atom is 0.246 e. The standard InChI is InChI=1S/C12H20ClN5O2S/c1-9(2)17-3-5-18(6-4-17)21(19,20)11-8-15-7-10(13)12(11)16-14/h7-9H,3-6,14H2,1-2H3,(H,15,16). The number of nitrogen functional groups attached to an aromatic ring is 1. The van der Waals surface area contributed by atoms with E-state index in [1.165, 1.54) is 16.7 Å². The van der Waals surface area contributed by atoms with Gasteiger partial charge in [-0.3, -0.25) is 15.7 Å². The van der Waals surface area contributed by atoms with Crippen LogP contribution >= 0.6 is 11.6 Å². The number of anilines is 1. The van der Waals surface area contributed by atoms with Crippen LogP contribution in [0, 0.1) is 0 Å². The predicted molar refractivity (Wildman–Crippen MR) is 82.5 cm³/mol. The molecule has 0 bridgehead atoms. The zero-order valence-electron chi connectivity index (χ0n) is 12.1. The number of nitrogens with zero attached hydrogens (tertiary/aromatic N) is 3. The van der Waals surface area contributed by atoms with Crippen LogP contribution in [0.5, 0.6) is 0 Å². The zero-order chi connectivity index (χ0) is 15.6. The number of halogens is 1. The molecule has 2 heterocycles. The number of sulfonamides is 1. The van der Waals surface area contributed by atoms with E-state index in [0.717, 1.165) is 0 Å². The van der Waals surface area contributed by atoms with Gasteiger partial charge in [-0.15, -0.1) is 0 Å². The fraction of sp³-hybridized carbons (Fsp3) is 0.583. The van der Waals surface area contributed by atoms with Crippen molar-refractivity contribution < 1.29 is 8.42 Å². The van der Waals surface area contributed by atoms with Crippen molar-refractivity contribution in [3.63, 3.8) is 0 Å². The van der Waals surface area contributed by atoms with Crippen molar-refractivity contribution in [3.8, 4) is 0 Å². The van der Waals surface area contributed by atoms with Crippen molar-refractivity contribution in [2.24, 2.45) is 5.84 Å². The highest BCUT2D eigenvalue weighted by Gasteiger charge is 2.31. The van der Waals surface area contributed by atoms with Gasteiger partial charge in [-0.1, -0.05) is 11.6 Å². The van der Waals surface area contributed by atoms with E-state index in [1.807, 2.05) is 0 Å². The highest BCUT2D eigenvalue weighted by atomic mass is 35.5. The minimum absolute atomic E-state index is 0.00972. The number of hydrogen-bond donors (Lipinski definition) is 2. The number of pyridine rings is 1. The molecule has 1 saturated heterocycles. The summed E-state index contributed by atoms with van der Waals surface area (Å²) in [4.78, 5) is 6.10. The molecular weight excluding hydrogens is 314 g/mol. The van der Waals surface area contributed by atoms with Gasteiger partial charge in [0, 0.05) is 44.6 Å². The molecule has 118 valence electrons. The van der Waals surface area contributed by atoms with Crippen molar-refractivity contribution in [1.82, 2.24) is 14.2 Å². The number of piperazine rings is 1. The molecule has 1 fully saturated rings. The van der Waals surface area contributed by atoms with E-state index < -0.39 is 10.0 Å². The quantitative estimate of drug-likeness (QED) is 0.623. The molecule has 1 aliphatic rings. The van der Waals surface area contributed by atoms with Crippen LogP contribution in [-0.4, -0.2) is 54.8 Å². The second-order valence-corrected chi connectivity index (χ2v) is 7.49. The molecule has 3 N–H and O–H groups in total. The van der Waals surface area contributed by atoms with Crippen LogP contribution in [0.1, 0.15) is 13.8 Å². The minimum Gasteiger partial charge on any atom is -0.321 e. The fourth-order valence-corrected chi connectivity index (χ4v) is 4.16. The molecular formula is C12H20ClN5O2S. The summed E-state index contributed by atoms with van der Waals surface area (Å²) in [5.74, 6) is 5.39. The Morgan fingerprint density at radius 1 is 1.29 bits per heavy atom. The van der Waals surface area contributed by atoms with Gasteiger partial charge >= 0.3 is 0 Å². The van der Waals surface area contributed by atoms with E-state index in [9.17, 15) is 8.42 Å². The smallest absolute Gasteiger partial charge is 0.246 e. The summed E-state index contributed by atoms with van der Waals surface area (Å²) in [5, 5.41) is 0.180. The maximum absolute atomic E-state index is 12.7. The van der Waals surface area contributed by atoms with Crippen LogP contribution in [0.4, 0.5) is 5.69 Å². The summed E-state index contributed by atoms with van der Waals surface area (Å²) in [6.45, 7) is 6.49. The summed E-state index contributed by atoms with van der Waals surface area (Å²) in [5.41, 5.74) is 2.53. The van der Waals surface area contributed by atoms with Crippen molar-refractivity contribution in [1.29, 1.82) is 0 Å². The lowest BCUT2D eigenvalue weighted by Crippen LogP contribution is -2.50. The first kappa shape index (κ1) is 16.4. The van der Waals surface area contributed by atoms with Crippen molar-refractivity contribution in [2.75, 3.05) is 31.6 Å². The van der Waals surface area contributed by atoms with Gasteiger partial charge in [0.2, 0.25) is 10.0 Å². The average molecular weight is 334 g/mol. The highest BCUT2D eigenvalue weighted by Crippen LogP contribution is 2.30. The Morgan fingerprint density at radius 3 is 2.43 bits per heavy atom. The molecule has 0 aliphatic carbocycles. The maximum atomic E-state index is 12.7. The first-order valence-corrected chi connectivity index (χ1v) is 8.54. The molecule has 0 unspecified atom stereocenters. The van der Waals surface area contributed by atoms with Crippen molar-refractivity contribution in [3.05, 3.63) is 17.4 Å². The Hall–Kier alpha value is -0.930. The first-order valence-electron chi connectivity index (χ1n) is 6.72. The Bertz CT molecular complexity index is 600. The normalized spacial score (nSPS) is 18.1. The third-order valence-electron chi connectivity index (χ3n) is 3.63. The van der Waals surface area contributed by atoms with E-state index in [1.54, 1.807) is 0 Å². The van der Waals surface area contributed by atoms with E-state index >= 15 is 0 Å². The van der Waals surface area contributed by atoms with Gasteiger partial charge in [-0.05, 0) is 13.8 Å². The molecule has 1 aromatic heterocycles. The molecule has 0 aromatic carbocycles. The van der Waals surface area contributed by atoms with Crippen LogP contribution in [0.15, 0.2) is 17.3 Å². The molecule has 0 amide bonds. The van der Waals surface area contributed by atoms with Crippen molar-refractivity contribution in [2.45, 2.75) is 24.8 Å². The molecule has 0 atom stereocenters. The summed E-state index contributed by atoms with van der Waals surface area (Å²) >= 11 is 5.94. The van der Waals surface area contributed by atoms with Gasteiger partial charge in [0.05, 0.1) is 10.7 Å². The van der Waals surface area contributed by atoms with E-state index in [2.05, 4.69) is 29.2 Å². The predicted octanol–water partition coefficient (Wildman–Crippen LogP) is 0.735. The number of hydrazine groups is 1. The topological polar surface area (TPSA) is 91.6 Å². The summed E-state index contributed by atoms with van der Waals surface area (Å²) < 4.78 is 26.9. The van der Waals surface area contributed by atoms with Crippen LogP contribution in [0.25, 0.3) is 0 Å². The second kappa shape index (κ2) is 6.45. The Kier molecular flexibility index (Phi) is 5.05. The summed E-state index contributed by atoms with van der Waals surface area (Å²) in [7, 11) is -3.66. The number of rotatable bonds is 4. The van der Waals surface area contributed by atoms with Gasteiger partial charge in [0.15, 0.2) is 0 Å². The summed E-state index contributed by atoms with van der Waals surface area (Å²) in [6.07, 6.45) is 2.62. The second-order valence-electron chi connectivity index (χ2n) is 5.17. The number of nitrogens with one attached hydrogen (secondary N) is 1. The molecule has 0 saturated carbocycles. The monoisotopic (exact) mass is 333 g/mol. The minimum atomic E-state index is -3.66. The van der Waals surface area contributed by atoms with Gasteiger partial charge in [0.25, 0.3) is 0 Å². The summed E-state index contributed by atoms with van der Waals surface area (Å²) in [6, 6.07) is 0.406. The number of nitrogens with two attached hydrogens (primary N) is 1. The molecule has 1 aromatic rings. The van der Waals surface area contributed by atoms with Crippen LogP contribution < -0.4 is 11.3 Å². The lowest BCUT2D eigenvalue weighted by atomic mass is 10.3. The Morgan fingerprint density at radius 2 is 1.90 bits per heavy atom. The van der Waals surface area contributed by atoms with Crippen LogP contribution in [0.3, 0.4) is 0 Å². The number of aromatic nitrogens is 1. The van der Waals surface area contributed by atoms with Crippen LogP contribution in [0.2, 0.25) is 5.02 Å². The molecule has 7 nitrogen and oxygen atoms in total. The van der Waals surface area contributed by atoms with Gasteiger partial charge < -0.3 is 5.43 Å². The van der Waals surface area contributed by atoms with Gasteiger partial charge in [-0.25, -0.2) is 8.42 Å². The zero-order valence-corrected chi connectivity index (χ0v) is 13.7. The lowest BCUT2D eigenvalue weighted by molar-refractivity contribution is 0.154. The molecule has 0 spiro atoms. The molecule has 2 rings (SSSR count). The van der Waals surface area contributed by atoms with Crippen molar-refractivity contribution >= 4 is 27.3 Å². The lowest BCUT2D eigenvalue weighted by Gasteiger charge is -2.36. The highest BCUT2D eigenvalue weighted by molar-refractivity contribution is 7.89. The third kappa shape index (κ3) is 3.29. The van der Waals surface area contributed by atoms with Gasteiger partial charge in [0.1, 0.15) is 4.90 Å². The van der Waals surface area contributed by atoms with Crippen LogP contribution in [-0.2, 0) is 10.0 Å². The third-order valence-corrected chi connectivity index (χ3v) is 5.83. The Balaban J connectivity index is 2.26. The average Bonchev–Trinajstić information content (AvgIpc) is 2.47. The molecule has 1 aliphatic heterocycles. The van der Waals surface area contributed by atoms with E-state index in [-0.39, 0.29) is 15.6 Å². The molecule has 9 heteroatoms. The van der Waals surface area contributed by atoms with E-state index in [4.69, 9.17) is 17.4 Å². The van der Waals surface area contributed by atoms with E-state index in [0.29, 0.717) is 32.2 Å². The number of hydrogen-bond acceptors (Lipinski definition) is 6. The fourth-order valence-electron chi connectivity index (χ4n) is 2.35. The SMILES string of the molecule is CC(C)N1CCN(S(=O)(=O)c2cncc(Cl)c2NN)CC1. The molecule has 0 radical (unpaired) electrons. The Labute approximate surface area is 130 Å². The molecule has 21 heavy (non-hydrogen) atoms. The van der Waals surface area contributed by atoms with Gasteiger partial charge in [-0.2, -0.15) is 4.31 Å². The first-order chi connectivity index (χ1) is 9.87. The largest absolute Gasteiger partial charge is 0.321 e.